The fourth-order valence-corrected chi connectivity index (χ4v) is 3.74. The molecule has 154 valence electrons. The lowest BCUT2D eigenvalue weighted by Crippen LogP contribution is -2.34. The molecule has 0 spiro atoms. The van der Waals surface area contributed by atoms with Crippen LogP contribution in [0.1, 0.15) is 30.0 Å². The Morgan fingerprint density at radius 1 is 1.13 bits per heavy atom. The van der Waals surface area contributed by atoms with E-state index in [-0.39, 0.29) is 6.61 Å². The maximum absolute atomic E-state index is 9.86. The Morgan fingerprint density at radius 3 is 2.70 bits per heavy atom. The predicted molar refractivity (Wildman–Crippen MR) is 120 cm³/mol. The van der Waals surface area contributed by atoms with Crippen LogP contribution in [0, 0.1) is 5.92 Å². The van der Waals surface area contributed by atoms with Gasteiger partial charge in [0, 0.05) is 23.7 Å². The standard InChI is InChI=1S/C25H27N3O2/c1-18-7-12-23-25(27-16-19-8-10-21(30-2)11-9-19)26-13-14-28(23)24(15-18)22-6-4-3-5-20(22)17-29/h3-6,8-15,18,29H,7,16-17H2,1-2H3,(H,26,27). The van der Waals surface area contributed by atoms with Crippen molar-refractivity contribution in [2.24, 2.45) is 10.9 Å². The number of fused-ring (bicyclic) bond motifs is 1. The molecule has 5 heteroatoms. The minimum Gasteiger partial charge on any atom is -0.497 e. The van der Waals surface area contributed by atoms with Gasteiger partial charge < -0.3 is 20.1 Å². The summed E-state index contributed by atoms with van der Waals surface area (Å²) < 4.78 is 5.23. The van der Waals surface area contributed by atoms with Crippen molar-refractivity contribution in [3.8, 4) is 5.75 Å². The Labute approximate surface area is 177 Å². The number of methoxy groups -OCH3 is 1. The summed E-state index contributed by atoms with van der Waals surface area (Å²) in [4.78, 5) is 7.03. The van der Waals surface area contributed by atoms with E-state index in [0.717, 1.165) is 46.1 Å². The zero-order chi connectivity index (χ0) is 20.9. The normalized spacial score (nSPS) is 19.5. The first-order valence-corrected chi connectivity index (χ1v) is 10.2. The Balaban J connectivity index is 1.66. The lowest BCUT2D eigenvalue weighted by Gasteiger charge is -2.31. The highest BCUT2D eigenvalue weighted by Crippen LogP contribution is 2.33. The lowest BCUT2D eigenvalue weighted by molar-refractivity contribution is 0.281. The van der Waals surface area contributed by atoms with Gasteiger partial charge in [-0.3, -0.25) is 4.99 Å². The molecule has 2 aliphatic rings. The van der Waals surface area contributed by atoms with Gasteiger partial charge in [-0.1, -0.05) is 55.5 Å². The summed E-state index contributed by atoms with van der Waals surface area (Å²) in [6.45, 7) is 2.80. The van der Waals surface area contributed by atoms with E-state index < -0.39 is 0 Å². The Hall–Kier alpha value is -3.31. The van der Waals surface area contributed by atoms with Gasteiger partial charge in [-0.2, -0.15) is 0 Å². The molecule has 0 amide bonds. The molecule has 30 heavy (non-hydrogen) atoms. The largest absolute Gasteiger partial charge is 0.497 e. The number of ether oxygens (including phenoxy) is 1. The molecule has 2 aromatic carbocycles. The third-order valence-electron chi connectivity index (χ3n) is 5.37. The second-order valence-electron chi connectivity index (χ2n) is 7.51. The predicted octanol–water partition coefficient (Wildman–Crippen LogP) is 4.43. The number of nitrogens with one attached hydrogen (secondary N) is 1. The van der Waals surface area contributed by atoms with E-state index in [4.69, 9.17) is 9.73 Å². The van der Waals surface area contributed by atoms with Crippen LogP contribution in [0.4, 0.5) is 0 Å². The maximum Gasteiger partial charge on any atom is 0.149 e. The number of hydrogen-bond acceptors (Lipinski definition) is 4. The molecule has 2 heterocycles. The number of amidine groups is 1. The first kappa shape index (κ1) is 20.0. The molecule has 0 aromatic heterocycles. The number of nitrogens with zero attached hydrogens (tertiary/aromatic N) is 2. The molecule has 4 rings (SSSR count). The first-order chi connectivity index (χ1) is 14.7. The van der Waals surface area contributed by atoms with Gasteiger partial charge in [-0.05, 0) is 35.6 Å². The highest BCUT2D eigenvalue weighted by molar-refractivity contribution is 6.01. The van der Waals surface area contributed by atoms with Gasteiger partial charge in [0.05, 0.1) is 26.0 Å². The van der Waals surface area contributed by atoms with Crippen molar-refractivity contribution < 1.29 is 9.84 Å². The van der Waals surface area contributed by atoms with Crippen molar-refractivity contribution in [1.82, 2.24) is 10.2 Å². The highest BCUT2D eigenvalue weighted by atomic mass is 16.5. The van der Waals surface area contributed by atoms with Gasteiger partial charge in [0.25, 0.3) is 0 Å². The lowest BCUT2D eigenvalue weighted by atomic mass is 10.0. The van der Waals surface area contributed by atoms with E-state index in [1.807, 2.05) is 54.9 Å². The maximum atomic E-state index is 9.86. The van der Waals surface area contributed by atoms with Crippen LogP contribution in [0.3, 0.4) is 0 Å². The van der Waals surface area contributed by atoms with E-state index in [0.29, 0.717) is 12.5 Å². The summed E-state index contributed by atoms with van der Waals surface area (Å²) in [6, 6.07) is 16.0. The smallest absolute Gasteiger partial charge is 0.149 e. The van der Waals surface area contributed by atoms with Crippen molar-refractivity contribution in [2.45, 2.75) is 26.5 Å². The van der Waals surface area contributed by atoms with Crippen molar-refractivity contribution in [3.63, 3.8) is 0 Å². The molecular weight excluding hydrogens is 374 g/mol. The number of aliphatic hydroxyl groups is 1. The van der Waals surface area contributed by atoms with Crippen molar-refractivity contribution in [1.29, 1.82) is 0 Å². The molecule has 0 saturated carbocycles. The van der Waals surface area contributed by atoms with Gasteiger partial charge in [0.15, 0.2) is 0 Å². The molecule has 2 aliphatic heterocycles. The number of allylic oxidation sites excluding steroid dienone is 2. The van der Waals surface area contributed by atoms with Crippen molar-refractivity contribution in [3.05, 3.63) is 95.5 Å². The van der Waals surface area contributed by atoms with Gasteiger partial charge in [0.2, 0.25) is 0 Å². The summed E-state index contributed by atoms with van der Waals surface area (Å²) >= 11 is 0. The van der Waals surface area contributed by atoms with Crippen LogP contribution in [0.25, 0.3) is 5.70 Å². The van der Waals surface area contributed by atoms with Crippen LogP contribution in [0.15, 0.2) is 83.8 Å². The molecule has 0 saturated heterocycles. The minimum atomic E-state index is 0.00909. The Morgan fingerprint density at radius 2 is 1.93 bits per heavy atom. The van der Waals surface area contributed by atoms with E-state index >= 15 is 0 Å². The zero-order valence-electron chi connectivity index (χ0n) is 17.4. The second-order valence-corrected chi connectivity index (χ2v) is 7.51. The number of benzene rings is 2. The van der Waals surface area contributed by atoms with Gasteiger partial charge in [-0.15, -0.1) is 0 Å². The average Bonchev–Trinajstić information content (AvgIpc) is 2.97. The van der Waals surface area contributed by atoms with E-state index in [1.165, 1.54) is 0 Å². The van der Waals surface area contributed by atoms with Crippen LogP contribution >= 0.6 is 0 Å². The third-order valence-corrected chi connectivity index (χ3v) is 5.37. The topological polar surface area (TPSA) is 57.1 Å². The summed E-state index contributed by atoms with van der Waals surface area (Å²) in [5.74, 6) is 2.06. The molecule has 2 N–H and O–H groups in total. The van der Waals surface area contributed by atoms with Gasteiger partial charge >= 0.3 is 0 Å². The zero-order valence-corrected chi connectivity index (χ0v) is 17.4. The molecule has 0 radical (unpaired) electrons. The van der Waals surface area contributed by atoms with Crippen LogP contribution in [-0.4, -0.2) is 23.0 Å². The van der Waals surface area contributed by atoms with Crippen LogP contribution in [-0.2, 0) is 13.2 Å². The molecule has 0 bridgehead atoms. The van der Waals surface area contributed by atoms with E-state index in [1.54, 1.807) is 7.11 Å². The summed E-state index contributed by atoms with van der Waals surface area (Å²) in [5, 5.41) is 13.2. The SMILES string of the molecule is COc1ccc(CN=C2NC=CN3C2=CCC(C)C=C3c2ccccc2CO)cc1. The van der Waals surface area contributed by atoms with E-state index in [2.05, 4.69) is 35.4 Å². The van der Waals surface area contributed by atoms with Crippen LogP contribution in [0.5, 0.6) is 5.75 Å². The van der Waals surface area contributed by atoms with Crippen molar-refractivity contribution >= 4 is 11.5 Å². The summed E-state index contributed by atoms with van der Waals surface area (Å²) in [6.07, 6.45) is 9.37. The summed E-state index contributed by atoms with van der Waals surface area (Å²) in [5.41, 5.74) is 5.19. The first-order valence-electron chi connectivity index (χ1n) is 10.2. The second kappa shape index (κ2) is 9.01. The fourth-order valence-electron chi connectivity index (χ4n) is 3.74. The average molecular weight is 402 g/mol. The van der Waals surface area contributed by atoms with Crippen LogP contribution < -0.4 is 10.1 Å². The molecule has 1 unspecified atom stereocenters. The minimum absolute atomic E-state index is 0.00909. The van der Waals surface area contributed by atoms with Gasteiger partial charge in [0.1, 0.15) is 11.6 Å². The number of rotatable bonds is 5. The Bertz CT molecular complexity index is 1020. The number of aliphatic imine (C=N–C) groups is 1. The molecule has 2 aromatic rings. The molecule has 1 atom stereocenters. The molecule has 0 aliphatic carbocycles. The quantitative estimate of drug-likeness (QED) is 0.778. The number of hydrogen-bond donors (Lipinski definition) is 2. The Kier molecular flexibility index (Phi) is 6.00. The van der Waals surface area contributed by atoms with Crippen molar-refractivity contribution in [2.75, 3.05) is 7.11 Å². The van der Waals surface area contributed by atoms with Crippen LogP contribution in [0.2, 0.25) is 0 Å². The third kappa shape index (κ3) is 4.16. The molecule has 5 nitrogen and oxygen atoms in total. The van der Waals surface area contributed by atoms with Gasteiger partial charge in [-0.25, -0.2) is 0 Å². The number of aliphatic hydroxyl groups excluding tert-OH is 1. The molecule has 0 fully saturated rings. The monoisotopic (exact) mass is 401 g/mol. The molecular formula is C25H27N3O2. The fraction of sp³-hybridized carbons (Fsp3) is 0.240. The van der Waals surface area contributed by atoms with E-state index in [9.17, 15) is 5.11 Å². The highest BCUT2D eigenvalue weighted by Gasteiger charge is 2.25. The summed E-state index contributed by atoms with van der Waals surface area (Å²) in [7, 11) is 1.67.